The number of nitrogens with one attached hydrogen (secondary N) is 1. The average Bonchev–Trinajstić information content (AvgIpc) is 2.81. The maximum atomic E-state index is 13.1. The highest BCUT2D eigenvalue weighted by molar-refractivity contribution is 6.29. The molecule has 0 spiro atoms. The number of nitrogens with zero attached hydrogens (tertiary/aromatic N) is 1. The topological polar surface area (TPSA) is 32.3 Å². The highest BCUT2D eigenvalue weighted by Crippen LogP contribution is 2.21. The van der Waals surface area contributed by atoms with Gasteiger partial charge in [-0.15, -0.1) is 0 Å². The van der Waals surface area contributed by atoms with Crippen LogP contribution in [0.25, 0.3) is 11.6 Å². The summed E-state index contributed by atoms with van der Waals surface area (Å²) in [5.41, 5.74) is 4.67. The SMILES string of the molecule is O=C(Nc1ccc(CN2CCCCC2)cc1)/C(=C\c1ccccc1)c1ccccc1. The van der Waals surface area contributed by atoms with Crippen molar-refractivity contribution in [2.24, 2.45) is 0 Å². The van der Waals surface area contributed by atoms with E-state index in [0.29, 0.717) is 5.57 Å². The molecule has 1 saturated heterocycles. The molecule has 3 aromatic carbocycles. The Hall–Kier alpha value is -3.17. The Balaban J connectivity index is 1.49. The monoisotopic (exact) mass is 396 g/mol. The van der Waals surface area contributed by atoms with Gasteiger partial charge < -0.3 is 5.32 Å². The van der Waals surface area contributed by atoms with Crippen molar-refractivity contribution in [3.05, 3.63) is 102 Å². The molecule has 0 aliphatic carbocycles. The van der Waals surface area contributed by atoms with Crippen molar-refractivity contribution in [3.63, 3.8) is 0 Å². The first-order valence-corrected chi connectivity index (χ1v) is 10.7. The van der Waals surface area contributed by atoms with Crippen molar-refractivity contribution in [2.75, 3.05) is 18.4 Å². The van der Waals surface area contributed by atoms with Gasteiger partial charge in [0.05, 0.1) is 0 Å². The highest BCUT2D eigenvalue weighted by Gasteiger charge is 2.13. The van der Waals surface area contributed by atoms with Crippen molar-refractivity contribution in [3.8, 4) is 0 Å². The molecule has 3 nitrogen and oxygen atoms in total. The summed E-state index contributed by atoms with van der Waals surface area (Å²) in [4.78, 5) is 15.6. The molecule has 0 radical (unpaired) electrons. The number of benzene rings is 3. The van der Waals surface area contributed by atoms with Crippen LogP contribution in [-0.4, -0.2) is 23.9 Å². The van der Waals surface area contributed by atoms with E-state index in [1.165, 1.54) is 37.9 Å². The summed E-state index contributed by atoms with van der Waals surface area (Å²) in [7, 11) is 0. The fraction of sp³-hybridized carbons (Fsp3) is 0.222. The van der Waals surface area contributed by atoms with Crippen molar-refractivity contribution in [1.29, 1.82) is 0 Å². The molecule has 1 N–H and O–H groups in total. The lowest BCUT2D eigenvalue weighted by Crippen LogP contribution is -2.29. The lowest BCUT2D eigenvalue weighted by Gasteiger charge is -2.26. The zero-order valence-electron chi connectivity index (χ0n) is 17.3. The number of hydrogen-bond donors (Lipinski definition) is 1. The van der Waals surface area contributed by atoms with Crippen LogP contribution in [0.1, 0.15) is 36.0 Å². The molecule has 1 aliphatic rings. The van der Waals surface area contributed by atoms with Crippen molar-refractivity contribution >= 4 is 23.2 Å². The number of carbonyl (C=O) groups excluding carboxylic acids is 1. The molecule has 0 saturated carbocycles. The van der Waals surface area contributed by atoms with Gasteiger partial charge in [-0.05, 0) is 60.8 Å². The molecule has 1 aliphatic heterocycles. The number of carbonyl (C=O) groups is 1. The second-order valence-corrected chi connectivity index (χ2v) is 7.82. The summed E-state index contributed by atoms with van der Waals surface area (Å²) in [5, 5.41) is 3.07. The molecular weight excluding hydrogens is 368 g/mol. The minimum absolute atomic E-state index is 0.103. The van der Waals surface area contributed by atoms with Crippen LogP contribution >= 0.6 is 0 Å². The van der Waals surface area contributed by atoms with Crippen LogP contribution in [0.15, 0.2) is 84.9 Å². The minimum Gasteiger partial charge on any atom is -0.322 e. The second-order valence-electron chi connectivity index (χ2n) is 7.82. The van der Waals surface area contributed by atoms with Gasteiger partial charge in [-0.2, -0.15) is 0 Å². The fourth-order valence-electron chi connectivity index (χ4n) is 3.88. The predicted octanol–water partition coefficient (Wildman–Crippen LogP) is 5.85. The molecule has 0 aromatic heterocycles. The molecule has 152 valence electrons. The zero-order chi connectivity index (χ0) is 20.6. The summed E-state index contributed by atoms with van der Waals surface area (Å²) in [6.07, 6.45) is 5.88. The maximum Gasteiger partial charge on any atom is 0.256 e. The zero-order valence-corrected chi connectivity index (χ0v) is 17.3. The van der Waals surface area contributed by atoms with Gasteiger partial charge >= 0.3 is 0 Å². The highest BCUT2D eigenvalue weighted by atomic mass is 16.1. The Bertz CT molecular complexity index is 972. The third-order valence-electron chi connectivity index (χ3n) is 5.51. The van der Waals surface area contributed by atoms with Gasteiger partial charge in [0, 0.05) is 17.8 Å². The average molecular weight is 397 g/mol. The Morgan fingerprint density at radius 3 is 2.10 bits per heavy atom. The normalized spacial score (nSPS) is 15.0. The number of likely N-dealkylation sites (tertiary alicyclic amines) is 1. The van der Waals surface area contributed by atoms with E-state index < -0.39 is 0 Å². The predicted molar refractivity (Wildman–Crippen MR) is 125 cm³/mol. The summed E-state index contributed by atoms with van der Waals surface area (Å²) >= 11 is 0. The van der Waals surface area contributed by atoms with Crippen LogP contribution in [0.5, 0.6) is 0 Å². The molecule has 1 heterocycles. The fourth-order valence-corrected chi connectivity index (χ4v) is 3.88. The second kappa shape index (κ2) is 10.0. The van der Waals surface area contributed by atoms with E-state index in [2.05, 4.69) is 22.3 Å². The Labute approximate surface area is 179 Å². The Morgan fingerprint density at radius 2 is 1.43 bits per heavy atom. The number of rotatable bonds is 6. The van der Waals surface area contributed by atoms with E-state index in [-0.39, 0.29) is 5.91 Å². The van der Waals surface area contributed by atoms with Crippen molar-refractivity contribution in [2.45, 2.75) is 25.8 Å². The van der Waals surface area contributed by atoms with Gasteiger partial charge in [0.15, 0.2) is 0 Å². The lowest BCUT2D eigenvalue weighted by molar-refractivity contribution is -0.111. The standard InChI is InChI=1S/C27H28N2O/c30-27(26(24-12-6-2-7-13-24)20-22-10-4-1-5-11-22)28-25-16-14-23(15-17-25)21-29-18-8-3-9-19-29/h1-2,4-7,10-17,20H,3,8-9,18-19,21H2,(H,28,30)/b26-20-. The van der Waals surface area contributed by atoms with E-state index in [9.17, 15) is 4.79 Å². The van der Waals surface area contributed by atoms with E-state index >= 15 is 0 Å². The molecule has 1 fully saturated rings. The Kier molecular flexibility index (Phi) is 6.73. The van der Waals surface area contributed by atoms with Crippen LogP contribution in [0.3, 0.4) is 0 Å². The summed E-state index contributed by atoms with van der Waals surface area (Å²) in [6, 6.07) is 28.0. The number of anilines is 1. The van der Waals surface area contributed by atoms with Gasteiger partial charge in [0.25, 0.3) is 5.91 Å². The van der Waals surface area contributed by atoms with Gasteiger partial charge in [-0.1, -0.05) is 79.2 Å². The first-order chi connectivity index (χ1) is 14.8. The summed E-state index contributed by atoms with van der Waals surface area (Å²) in [5.74, 6) is -0.103. The maximum absolute atomic E-state index is 13.1. The van der Waals surface area contributed by atoms with Gasteiger partial charge in [-0.25, -0.2) is 0 Å². The van der Waals surface area contributed by atoms with E-state index in [1.54, 1.807) is 0 Å². The largest absolute Gasteiger partial charge is 0.322 e. The molecule has 4 rings (SSSR count). The van der Waals surface area contributed by atoms with Crippen molar-refractivity contribution < 1.29 is 4.79 Å². The first-order valence-electron chi connectivity index (χ1n) is 10.7. The number of piperidine rings is 1. The van der Waals surface area contributed by atoms with Gasteiger partial charge in [0.1, 0.15) is 0 Å². The minimum atomic E-state index is -0.103. The molecule has 0 bridgehead atoms. The molecule has 0 atom stereocenters. The van der Waals surface area contributed by atoms with E-state index in [4.69, 9.17) is 0 Å². The lowest BCUT2D eigenvalue weighted by atomic mass is 10.0. The van der Waals surface area contributed by atoms with Crippen molar-refractivity contribution in [1.82, 2.24) is 4.90 Å². The molecule has 3 heteroatoms. The van der Waals surface area contributed by atoms with Crippen LogP contribution < -0.4 is 5.32 Å². The Morgan fingerprint density at radius 1 is 0.800 bits per heavy atom. The molecule has 3 aromatic rings. The van der Waals surface area contributed by atoms with E-state index in [1.807, 2.05) is 78.9 Å². The first kappa shape index (κ1) is 20.1. The third kappa shape index (κ3) is 5.46. The van der Waals surface area contributed by atoms with Crippen LogP contribution in [0, 0.1) is 0 Å². The van der Waals surface area contributed by atoms with E-state index in [0.717, 1.165) is 23.4 Å². The van der Waals surface area contributed by atoms with Crippen LogP contribution in [0.2, 0.25) is 0 Å². The van der Waals surface area contributed by atoms with Crippen LogP contribution in [0.4, 0.5) is 5.69 Å². The number of amides is 1. The summed E-state index contributed by atoms with van der Waals surface area (Å²) < 4.78 is 0. The number of hydrogen-bond acceptors (Lipinski definition) is 2. The van der Waals surface area contributed by atoms with Gasteiger partial charge in [-0.3, -0.25) is 9.69 Å². The molecule has 0 unspecified atom stereocenters. The van der Waals surface area contributed by atoms with Gasteiger partial charge in [0.2, 0.25) is 0 Å². The molecule has 1 amide bonds. The molecular formula is C27H28N2O. The summed E-state index contributed by atoms with van der Waals surface area (Å²) in [6.45, 7) is 3.35. The van der Waals surface area contributed by atoms with Crippen LogP contribution in [-0.2, 0) is 11.3 Å². The smallest absolute Gasteiger partial charge is 0.256 e. The molecule has 30 heavy (non-hydrogen) atoms. The third-order valence-corrected chi connectivity index (χ3v) is 5.51. The quantitative estimate of drug-likeness (QED) is 0.419.